The molecule has 0 bridgehead atoms. The number of hydrogen-bond donors (Lipinski definition) is 3. The summed E-state index contributed by atoms with van der Waals surface area (Å²) in [4.78, 5) is 4.19. The molecular weight excluding hydrogens is 276 g/mol. The first kappa shape index (κ1) is 13.7. The molecule has 0 radical (unpaired) electrons. The van der Waals surface area contributed by atoms with Gasteiger partial charge in [-0.1, -0.05) is 23.4 Å². The number of rotatable bonds is 3. The van der Waals surface area contributed by atoms with Crippen LogP contribution in [0.4, 0.5) is 0 Å². The maximum atomic E-state index is 9.73. The monoisotopic (exact) mass is 290 g/mol. The van der Waals surface area contributed by atoms with E-state index in [2.05, 4.69) is 10.1 Å². The van der Waals surface area contributed by atoms with Gasteiger partial charge < -0.3 is 24.6 Å². The van der Waals surface area contributed by atoms with Crippen molar-refractivity contribution >= 4 is 5.76 Å². The molecule has 1 aliphatic heterocycles. The van der Waals surface area contributed by atoms with Crippen molar-refractivity contribution in [2.24, 2.45) is 0 Å². The van der Waals surface area contributed by atoms with Gasteiger partial charge in [-0.15, -0.1) is 0 Å². The molecule has 0 spiro atoms. The molecule has 0 fully saturated rings. The van der Waals surface area contributed by atoms with Crippen molar-refractivity contribution in [3.8, 4) is 11.5 Å². The summed E-state index contributed by atoms with van der Waals surface area (Å²) in [6, 6.07) is 9.21. The largest absolute Gasteiger partial charge is 0.481 e. The Morgan fingerprint density at radius 3 is 2.62 bits per heavy atom. The van der Waals surface area contributed by atoms with Gasteiger partial charge in [0.25, 0.3) is 5.89 Å². The second-order valence-electron chi connectivity index (χ2n) is 4.64. The van der Waals surface area contributed by atoms with Gasteiger partial charge in [-0.3, -0.25) is 0 Å². The molecule has 2 aromatic rings. The van der Waals surface area contributed by atoms with Crippen LogP contribution in [0.3, 0.4) is 0 Å². The SMILES string of the molecule is OC[C@H]1OC(c2noc(-c3ccccc3)n2)=C[C@@H](O)[C@@H]1O. The Morgan fingerprint density at radius 1 is 1.14 bits per heavy atom. The third-order valence-electron chi connectivity index (χ3n) is 3.18. The molecule has 1 aromatic heterocycles. The third kappa shape index (κ3) is 2.66. The quantitative estimate of drug-likeness (QED) is 0.740. The average Bonchev–Trinajstić information content (AvgIpc) is 3.00. The molecule has 110 valence electrons. The van der Waals surface area contributed by atoms with Crippen molar-refractivity contribution < 1.29 is 24.6 Å². The minimum absolute atomic E-state index is 0.151. The molecule has 3 rings (SSSR count). The van der Waals surface area contributed by atoms with Crippen molar-refractivity contribution in [1.29, 1.82) is 0 Å². The molecule has 1 aliphatic rings. The van der Waals surface area contributed by atoms with Crippen molar-refractivity contribution in [1.82, 2.24) is 10.1 Å². The minimum atomic E-state index is -1.20. The number of hydrogen-bond acceptors (Lipinski definition) is 7. The average molecular weight is 290 g/mol. The molecule has 3 N–H and O–H groups in total. The van der Waals surface area contributed by atoms with Gasteiger partial charge >= 0.3 is 0 Å². The third-order valence-corrected chi connectivity index (χ3v) is 3.18. The van der Waals surface area contributed by atoms with E-state index in [1.165, 1.54) is 6.08 Å². The minimum Gasteiger partial charge on any atom is -0.481 e. The van der Waals surface area contributed by atoms with Crippen LogP contribution in [0, 0.1) is 0 Å². The van der Waals surface area contributed by atoms with Crippen LogP contribution in [0.25, 0.3) is 17.2 Å². The highest BCUT2D eigenvalue weighted by atomic mass is 16.5. The number of aliphatic hydroxyl groups is 3. The Morgan fingerprint density at radius 2 is 1.90 bits per heavy atom. The van der Waals surface area contributed by atoms with Crippen LogP contribution in [-0.2, 0) is 4.74 Å². The first-order chi connectivity index (χ1) is 10.2. The standard InChI is InChI=1S/C14H14N2O5/c17-7-11-12(19)9(18)6-10(20-11)13-15-14(21-16-13)8-4-2-1-3-5-8/h1-6,9,11-12,17-19H,7H2/t9-,11-,12+/m1/s1. The Labute approximate surface area is 120 Å². The number of ether oxygens (including phenoxy) is 1. The topological polar surface area (TPSA) is 109 Å². The molecule has 0 saturated heterocycles. The molecule has 7 heteroatoms. The van der Waals surface area contributed by atoms with Gasteiger partial charge in [-0.2, -0.15) is 4.98 Å². The fourth-order valence-electron chi connectivity index (χ4n) is 2.04. The fourth-order valence-corrected chi connectivity index (χ4v) is 2.04. The maximum Gasteiger partial charge on any atom is 0.258 e. The van der Waals surface area contributed by atoms with Gasteiger partial charge in [0.15, 0.2) is 11.9 Å². The van der Waals surface area contributed by atoms with Crippen molar-refractivity contribution in [2.45, 2.75) is 18.3 Å². The molecular formula is C14H14N2O5. The highest BCUT2D eigenvalue weighted by molar-refractivity contribution is 5.59. The number of aromatic nitrogens is 2. The predicted octanol–water partition coefficient (Wildman–Crippen LogP) is 0.190. The van der Waals surface area contributed by atoms with Crippen molar-refractivity contribution in [3.05, 3.63) is 42.2 Å². The second-order valence-corrected chi connectivity index (χ2v) is 4.64. The Hall–Kier alpha value is -2.22. The molecule has 2 heterocycles. The molecule has 7 nitrogen and oxygen atoms in total. The Bertz CT molecular complexity index is 640. The molecule has 0 aliphatic carbocycles. The van der Waals surface area contributed by atoms with E-state index in [4.69, 9.17) is 14.4 Å². The van der Waals surface area contributed by atoms with Gasteiger partial charge in [0, 0.05) is 5.56 Å². The molecule has 1 aromatic carbocycles. The lowest BCUT2D eigenvalue weighted by Gasteiger charge is -2.29. The molecule has 0 unspecified atom stereocenters. The normalized spacial score (nSPS) is 25.3. The lowest BCUT2D eigenvalue weighted by molar-refractivity contribution is -0.0727. The maximum absolute atomic E-state index is 9.73. The fraction of sp³-hybridized carbons (Fsp3) is 0.286. The summed E-state index contributed by atoms with van der Waals surface area (Å²) in [6.07, 6.45) is -2.00. The van der Waals surface area contributed by atoms with E-state index in [9.17, 15) is 10.2 Å². The first-order valence-corrected chi connectivity index (χ1v) is 6.44. The van der Waals surface area contributed by atoms with E-state index in [1.54, 1.807) is 0 Å². The van der Waals surface area contributed by atoms with Crippen molar-refractivity contribution in [3.63, 3.8) is 0 Å². The smallest absolute Gasteiger partial charge is 0.258 e. The molecule has 3 atom stereocenters. The van der Waals surface area contributed by atoms with Crippen LogP contribution in [-0.4, -0.2) is 50.4 Å². The van der Waals surface area contributed by atoms with Gasteiger partial charge in [0.2, 0.25) is 5.82 Å². The number of nitrogens with zero attached hydrogens (tertiary/aromatic N) is 2. The zero-order valence-corrected chi connectivity index (χ0v) is 11.0. The van der Waals surface area contributed by atoms with E-state index in [0.717, 1.165) is 5.56 Å². The lowest BCUT2D eigenvalue weighted by Crippen LogP contribution is -2.43. The van der Waals surface area contributed by atoms with Crippen LogP contribution in [0.2, 0.25) is 0 Å². The zero-order valence-electron chi connectivity index (χ0n) is 11.0. The summed E-state index contributed by atoms with van der Waals surface area (Å²) in [7, 11) is 0. The summed E-state index contributed by atoms with van der Waals surface area (Å²) in [5.41, 5.74) is 0.756. The van der Waals surface area contributed by atoms with E-state index in [-0.39, 0.29) is 11.6 Å². The predicted molar refractivity (Wildman–Crippen MR) is 71.7 cm³/mol. The van der Waals surface area contributed by atoms with E-state index < -0.39 is 24.9 Å². The number of benzene rings is 1. The first-order valence-electron chi connectivity index (χ1n) is 6.44. The summed E-state index contributed by atoms with van der Waals surface area (Å²) in [5.74, 6) is 0.632. The van der Waals surface area contributed by atoms with Crippen LogP contribution >= 0.6 is 0 Å². The molecule has 0 amide bonds. The highest BCUT2D eigenvalue weighted by Gasteiger charge is 2.33. The summed E-state index contributed by atoms with van der Waals surface area (Å²) in [5, 5.41) is 32.3. The highest BCUT2D eigenvalue weighted by Crippen LogP contribution is 2.26. The summed E-state index contributed by atoms with van der Waals surface area (Å²) in [6.45, 7) is -0.432. The van der Waals surface area contributed by atoms with Gasteiger partial charge in [-0.05, 0) is 18.2 Å². The van der Waals surface area contributed by atoms with Gasteiger partial charge in [-0.25, -0.2) is 0 Å². The van der Waals surface area contributed by atoms with Crippen LogP contribution in [0.15, 0.2) is 40.9 Å². The van der Waals surface area contributed by atoms with E-state index >= 15 is 0 Å². The van der Waals surface area contributed by atoms with Crippen LogP contribution < -0.4 is 0 Å². The van der Waals surface area contributed by atoms with Gasteiger partial charge in [0.05, 0.1) is 6.61 Å². The van der Waals surface area contributed by atoms with E-state index in [0.29, 0.717) is 5.89 Å². The lowest BCUT2D eigenvalue weighted by atomic mass is 10.0. The second kappa shape index (κ2) is 5.65. The Kier molecular flexibility index (Phi) is 3.70. The van der Waals surface area contributed by atoms with E-state index in [1.807, 2.05) is 30.3 Å². The van der Waals surface area contributed by atoms with Gasteiger partial charge in [0.1, 0.15) is 12.2 Å². The molecule has 0 saturated carbocycles. The summed E-state index contributed by atoms with van der Waals surface area (Å²) >= 11 is 0. The molecule has 21 heavy (non-hydrogen) atoms. The Balaban J connectivity index is 1.88. The zero-order chi connectivity index (χ0) is 14.8. The van der Waals surface area contributed by atoms with Crippen LogP contribution in [0.1, 0.15) is 5.82 Å². The summed E-state index contributed by atoms with van der Waals surface area (Å²) < 4.78 is 10.5. The van der Waals surface area contributed by atoms with Crippen LogP contribution in [0.5, 0.6) is 0 Å². The van der Waals surface area contributed by atoms with Crippen molar-refractivity contribution in [2.75, 3.05) is 6.61 Å². The number of aliphatic hydroxyl groups excluding tert-OH is 3.